The number of anilines is 1. The highest BCUT2D eigenvalue weighted by Gasteiger charge is 2.25. The number of rotatable bonds is 3. The van der Waals surface area contributed by atoms with Crippen LogP contribution >= 0.6 is 34.5 Å². The predicted molar refractivity (Wildman–Crippen MR) is 93.9 cm³/mol. The van der Waals surface area contributed by atoms with Crippen LogP contribution in [0, 0.1) is 0 Å². The van der Waals surface area contributed by atoms with E-state index in [-0.39, 0.29) is 5.56 Å². The van der Waals surface area contributed by atoms with Crippen LogP contribution in [0.3, 0.4) is 0 Å². The van der Waals surface area contributed by atoms with Crippen molar-refractivity contribution in [3.05, 3.63) is 49.8 Å². The van der Waals surface area contributed by atoms with E-state index >= 15 is 0 Å². The summed E-state index contributed by atoms with van der Waals surface area (Å²) in [6.07, 6.45) is 3.84. The summed E-state index contributed by atoms with van der Waals surface area (Å²) in [5.41, 5.74) is 7.19. The van der Waals surface area contributed by atoms with Gasteiger partial charge in [-0.3, -0.25) is 9.59 Å². The summed E-state index contributed by atoms with van der Waals surface area (Å²) in [6, 6.07) is 4.67. The Kier molecular flexibility index (Phi) is 4.62. The van der Waals surface area contributed by atoms with Gasteiger partial charge in [0.15, 0.2) is 0 Å². The first kappa shape index (κ1) is 16.3. The van der Waals surface area contributed by atoms with Crippen LogP contribution in [0.25, 0.3) is 0 Å². The Morgan fingerprint density at radius 3 is 2.65 bits per heavy atom. The highest BCUT2D eigenvalue weighted by molar-refractivity contribution is 7.17. The SMILES string of the molecule is NC(=O)c1c(NC(=O)c2cc(Cl)ccc2Cl)sc2c1CCCC2. The number of hydrogen-bond acceptors (Lipinski definition) is 3. The van der Waals surface area contributed by atoms with Crippen molar-refractivity contribution in [3.63, 3.8) is 0 Å². The van der Waals surface area contributed by atoms with Crippen molar-refractivity contribution < 1.29 is 9.59 Å². The molecule has 0 aliphatic heterocycles. The summed E-state index contributed by atoms with van der Waals surface area (Å²) < 4.78 is 0. The molecule has 0 spiro atoms. The fraction of sp³-hybridized carbons (Fsp3) is 0.250. The molecular weight excluding hydrogens is 355 g/mol. The zero-order valence-corrected chi connectivity index (χ0v) is 14.4. The number of carbonyl (C=O) groups excluding carboxylic acids is 2. The highest BCUT2D eigenvalue weighted by Crippen LogP contribution is 2.38. The lowest BCUT2D eigenvalue weighted by atomic mass is 9.95. The molecule has 120 valence electrons. The lowest BCUT2D eigenvalue weighted by molar-refractivity contribution is 0.100. The summed E-state index contributed by atoms with van der Waals surface area (Å²) >= 11 is 13.4. The molecule has 3 rings (SSSR count). The molecule has 0 saturated heterocycles. The molecular formula is C16H14Cl2N2O2S. The van der Waals surface area contributed by atoms with Crippen LogP contribution in [0.1, 0.15) is 44.0 Å². The second kappa shape index (κ2) is 6.51. The van der Waals surface area contributed by atoms with Gasteiger partial charge in [-0.25, -0.2) is 0 Å². The molecule has 0 saturated carbocycles. The summed E-state index contributed by atoms with van der Waals surface area (Å²) in [7, 11) is 0. The molecule has 0 atom stereocenters. The third-order valence-electron chi connectivity index (χ3n) is 3.82. The van der Waals surface area contributed by atoms with Gasteiger partial charge in [-0.05, 0) is 49.4 Å². The minimum atomic E-state index is -0.517. The van der Waals surface area contributed by atoms with E-state index in [0.717, 1.165) is 36.1 Å². The van der Waals surface area contributed by atoms with E-state index in [1.54, 1.807) is 12.1 Å². The number of nitrogens with two attached hydrogens (primary N) is 1. The molecule has 1 aromatic carbocycles. The van der Waals surface area contributed by atoms with Gasteiger partial charge in [0.25, 0.3) is 11.8 Å². The maximum absolute atomic E-state index is 12.5. The van der Waals surface area contributed by atoms with Gasteiger partial charge in [-0.2, -0.15) is 0 Å². The molecule has 0 unspecified atom stereocenters. The van der Waals surface area contributed by atoms with Crippen LogP contribution in [0.4, 0.5) is 5.00 Å². The molecule has 2 aromatic rings. The van der Waals surface area contributed by atoms with Gasteiger partial charge in [-0.1, -0.05) is 23.2 Å². The molecule has 1 heterocycles. The number of fused-ring (bicyclic) bond motifs is 1. The Labute approximate surface area is 147 Å². The topological polar surface area (TPSA) is 72.2 Å². The second-order valence-electron chi connectivity index (χ2n) is 5.36. The highest BCUT2D eigenvalue weighted by atomic mass is 35.5. The fourth-order valence-corrected chi connectivity index (χ4v) is 4.42. The largest absolute Gasteiger partial charge is 0.365 e. The number of benzene rings is 1. The van der Waals surface area contributed by atoms with Crippen LogP contribution in [-0.2, 0) is 12.8 Å². The number of halogens is 2. The number of primary amides is 1. The molecule has 1 aliphatic rings. The third kappa shape index (κ3) is 3.22. The number of hydrogen-bond donors (Lipinski definition) is 2. The van der Waals surface area contributed by atoms with Gasteiger partial charge < -0.3 is 11.1 Å². The molecule has 1 aromatic heterocycles. The van der Waals surface area contributed by atoms with Crippen LogP contribution in [0.15, 0.2) is 18.2 Å². The number of carbonyl (C=O) groups is 2. The molecule has 0 fully saturated rings. The molecule has 1 aliphatic carbocycles. The van der Waals surface area contributed by atoms with Crippen molar-refractivity contribution in [3.8, 4) is 0 Å². The number of nitrogens with one attached hydrogen (secondary N) is 1. The Morgan fingerprint density at radius 1 is 1.17 bits per heavy atom. The summed E-state index contributed by atoms with van der Waals surface area (Å²) in [4.78, 5) is 25.4. The van der Waals surface area contributed by atoms with Gasteiger partial charge >= 0.3 is 0 Å². The first-order chi connectivity index (χ1) is 11.0. The Morgan fingerprint density at radius 2 is 1.91 bits per heavy atom. The zero-order chi connectivity index (χ0) is 16.6. The van der Waals surface area contributed by atoms with Crippen molar-refractivity contribution in [2.75, 3.05) is 5.32 Å². The Balaban J connectivity index is 1.96. The smallest absolute Gasteiger partial charge is 0.257 e. The summed E-state index contributed by atoms with van der Waals surface area (Å²) in [5, 5.41) is 3.98. The van der Waals surface area contributed by atoms with Gasteiger partial charge in [-0.15, -0.1) is 11.3 Å². The summed E-state index contributed by atoms with van der Waals surface area (Å²) in [6.45, 7) is 0. The van der Waals surface area contributed by atoms with Crippen molar-refractivity contribution >= 4 is 51.4 Å². The van der Waals surface area contributed by atoms with Crippen LogP contribution < -0.4 is 11.1 Å². The molecule has 23 heavy (non-hydrogen) atoms. The standard InChI is InChI=1S/C16H14Cl2N2O2S/c17-8-5-6-11(18)10(7-8)15(22)20-16-13(14(19)21)9-3-1-2-4-12(9)23-16/h5-7H,1-4H2,(H2,19,21)(H,20,22). The van der Waals surface area contributed by atoms with E-state index in [1.807, 2.05) is 0 Å². The monoisotopic (exact) mass is 368 g/mol. The number of aryl methyl sites for hydroxylation is 1. The van der Waals surface area contributed by atoms with Gasteiger partial charge in [0, 0.05) is 9.90 Å². The van der Waals surface area contributed by atoms with E-state index in [1.165, 1.54) is 17.4 Å². The van der Waals surface area contributed by atoms with Gasteiger partial charge in [0.05, 0.1) is 16.1 Å². The fourth-order valence-electron chi connectivity index (χ4n) is 2.76. The number of amides is 2. The average molecular weight is 369 g/mol. The lowest BCUT2D eigenvalue weighted by Crippen LogP contribution is -2.18. The average Bonchev–Trinajstić information content (AvgIpc) is 2.87. The van der Waals surface area contributed by atoms with Crippen LogP contribution in [0.2, 0.25) is 10.0 Å². The van der Waals surface area contributed by atoms with E-state index < -0.39 is 11.8 Å². The quantitative estimate of drug-likeness (QED) is 0.847. The Hall–Kier alpha value is -1.56. The Bertz CT molecular complexity index is 802. The third-order valence-corrected chi connectivity index (χ3v) is 5.59. The van der Waals surface area contributed by atoms with E-state index in [0.29, 0.717) is 20.6 Å². The number of thiophene rings is 1. The van der Waals surface area contributed by atoms with Crippen molar-refractivity contribution in [2.24, 2.45) is 5.73 Å². The molecule has 4 nitrogen and oxygen atoms in total. The lowest BCUT2D eigenvalue weighted by Gasteiger charge is -2.11. The predicted octanol–water partition coefficient (Wildman–Crippen LogP) is 4.28. The second-order valence-corrected chi connectivity index (χ2v) is 7.31. The van der Waals surface area contributed by atoms with Crippen LogP contribution in [-0.4, -0.2) is 11.8 Å². The maximum atomic E-state index is 12.5. The van der Waals surface area contributed by atoms with Crippen molar-refractivity contribution in [2.45, 2.75) is 25.7 Å². The van der Waals surface area contributed by atoms with Gasteiger partial charge in [0.2, 0.25) is 0 Å². The first-order valence-corrected chi connectivity index (χ1v) is 8.75. The van der Waals surface area contributed by atoms with E-state index in [9.17, 15) is 9.59 Å². The molecule has 0 radical (unpaired) electrons. The molecule has 7 heteroatoms. The molecule has 3 N–H and O–H groups in total. The van der Waals surface area contributed by atoms with E-state index in [2.05, 4.69) is 5.32 Å². The maximum Gasteiger partial charge on any atom is 0.257 e. The first-order valence-electron chi connectivity index (χ1n) is 7.18. The summed E-state index contributed by atoms with van der Waals surface area (Å²) in [5.74, 6) is -0.921. The zero-order valence-electron chi connectivity index (χ0n) is 12.1. The van der Waals surface area contributed by atoms with Crippen LogP contribution in [0.5, 0.6) is 0 Å². The van der Waals surface area contributed by atoms with E-state index in [4.69, 9.17) is 28.9 Å². The minimum absolute atomic E-state index is 0.265. The van der Waals surface area contributed by atoms with Crippen molar-refractivity contribution in [1.29, 1.82) is 0 Å². The normalized spacial score (nSPS) is 13.5. The molecule has 0 bridgehead atoms. The minimum Gasteiger partial charge on any atom is -0.365 e. The van der Waals surface area contributed by atoms with Gasteiger partial charge in [0.1, 0.15) is 5.00 Å². The molecule has 2 amide bonds. The van der Waals surface area contributed by atoms with Crippen molar-refractivity contribution in [1.82, 2.24) is 0 Å².